The number of esters is 1. The van der Waals surface area contributed by atoms with E-state index in [0.29, 0.717) is 50.9 Å². The Bertz CT molecular complexity index is 1540. The Morgan fingerprint density at radius 2 is 1.49 bits per heavy atom. The number of carbonyl (C=O) groups excluding carboxylic acids is 5. The highest BCUT2D eigenvalue weighted by Crippen LogP contribution is 2.31. The molecule has 59 heavy (non-hydrogen) atoms. The standard InChI is InChI=1S/C48H73NO10/c1-31-14-9-8-10-15-32(2)44(56-6)29-38-16-13-18-43(58-38)46(53)47(54)49-25-12-11-17-40(49)48(55)59-39(24-21-36-19-22-37(50)23-20-36)28-41(51)34(4)27-35(5)45(57-7)30-42(52)33(3)26-31/h8-10,14-15,27,31,33-34,36-40,43-45,50H,11-13,16-26,28-30H2,1-7H3/b10-8?,14-9+,32-15?,35-27?/t31-,33-,34-,36?,37?,38?,39-,40+,43?,44+,45+/m1/s1. The number of piperidine rings is 1. The number of carbonyl (C=O) groups is 5. The number of hydrogen-bond donors (Lipinski definition) is 1. The van der Waals surface area contributed by atoms with Crippen LogP contribution in [-0.2, 0) is 42.9 Å². The summed E-state index contributed by atoms with van der Waals surface area (Å²) in [6.45, 7) is 9.99. The minimum Gasteiger partial charge on any atom is -0.460 e. The Hall–Kier alpha value is -3.25. The Morgan fingerprint density at radius 3 is 2.20 bits per heavy atom. The summed E-state index contributed by atoms with van der Waals surface area (Å²) < 4.78 is 24.1. The number of hydrogen-bond acceptors (Lipinski definition) is 10. The summed E-state index contributed by atoms with van der Waals surface area (Å²) in [5, 5.41) is 10.1. The summed E-state index contributed by atoms with van der Waals surface area (Å²) in [7, 11) is 3.23. The van der Waals surface area contributed by atoms with E-state index >= 15 is 0 Å². The van der Waals surface area contributed by atoms with Crippen molar-refractivity contribution in [3.63, 3.8) is 0 Å². The number of aliphatic hydroxyl groups excluding tert-OH is 1. The van der Waals surface area contributed by atoms with Crippen molar-refractivity contribution in [1.29, 1.82) is 0 Å². The van der Waals surface area contributed by atoms with Crippen molar-refractivity contribution in [2.24, 2.45) is 23.7 Å². The van der Waals surface area contributed by atoms with Gasteiger partial charge in [-0.05, 0) is 120 Å². The minimum atomic E-state index is -0.934. The van der Waals surface area contributed by atoms with Crippen molar-refractivity contribution < 1.29 is 48.0 Å². The average molecular weight is 824 g/mol. The molecule has 0 radical (unpaired) electrons. The lowest BCUT2D eigenvalue weighted by Crippen LogP contribution is -2.54. The second-order valence-electron chi connectivity index (χ2n) is 17.9. The van der Waals surface area contributed by atoms with Gasteiger partial charge in [-0.2, -0.15) is 0 Å². The fraction of sp³-hybridized carbons (Fsp3) is 0.729. The highest BCUT2D eigenvalue weighted by Gasteiger charge is 2.41. The van der Waals surface area contributed by atoms with Gasteiger partial charge in [0.15, 0.2) is 0 Å². The maximum absolute atomic E-state index is 14.1. The number of cyclic esters (lactones) is 1. The van der Waals surface area contributed by atoms with Crippen LogP contribution in [0.2, 0.25) is 0 Å². The molecule has 0 spiro atoms. The molecule has 9 atom stereocenters. The largest absolute Gasteiger partial charge is 0.460 e. The van der Waals surface area contributed by atoms with Gasteiger partial charge in [-0.1, -0.05) is 57.2 Å². The van der Waals surface area contributed by atoms with E-state index in [1.807, 2.05) is 58.1 Å². The van der Waals surface area contributed by atoms with Crippen molar-refractivity contribution >= 4 is 29.2 Å². The maximum atomic E-state index is 14.1. The van der Waals surface area contributed by atoms with Gasteiger partial charge in [0.2, 0.25) is 5.78 Å². The van der Waals surface area contributed by atoms with Crippen molar-refractivity contribution in [3.05, 3.63) is 47.6 Å². The van der Waals surface area contributed by atoms with Crippen LogP contribution in [0.25, 0.3) is 0 Å². The van der Waals surface area contributed by atoms with Crippen LogP contribution in [0.1, 0.15) is 137 Å². The normalized spacial score (nSPS) is 35.4. The fourth-order valence-electron chi connectivity index (χ4n) is 9.19. The molecule has 0 aromatic carbocycles. The number of ether oxygens (including phenoxy) is 4. The Labute approximate surface area is 353 Å². The van der Waals surface area contributed by atoms with Gasteiger partial charge in [0.25, 0.3) is 5.91 Å². The third-order valence-electron chi connectivity index (χ3n) is 13.1. The lowest BCUT2D eigenvalue weighted by atomic mass is 9.83. The minimum absolute atomic E-state index is 0.00568. The predicted molar refractivity (Wildman–Crippen MR) is 227 cm³/mol. The van der Waals surface area contributed by atoms with Gasteiger partial charge in [0, 0.05) is 51.9 Å². The second-order valence-corrected chi connectivity index (χ2v) is 17.9. The number of fused-ring (bicyclic) bond motifs is 3. The smallest absolute Gasteiger partial charge is 0.329 e. The number of allylic oxidation sites excluding steroid dienone is 6. The van der Waals surface area contributed by atoms with Gasteiger partial charge in [-0.15, -0.1) is 0 Å². The molecule has 11 nitrogen and oxygen atoms in total. The van der Waals surface area contributed by atoms with Gasteiger partial charge < -0.3 is 29.0 Å². The summed E-state index contributed by atoms with van der Waals surface area (Å²) >= 11 is 0. The van der Waals surface area contributed by atoms with E-state index in [-0.39, 0.29) is 61.1 Å². The summed E-state index contributed by atoms with van der Waals surface area (Å²) in [6.07, 6.45) is 18.4. The van der Waals surface area contributed by atoms with Gasteiger partial charge in [-0.3, -0.25) is 19.2 Å². The summed E-state index contributed by atoms with van der Waals surface area (Å²) in [5.41, 5.74) is 1.79. The Balaban J connectivity index is 1.60. The number of methoxy groups -OCH3 is 2. The third-order valence-corrected chi connectivity index (χ3v) is 13.1. The van der Waals surface area contributed by atoms with E-state index in [9.17, 15) is 29.1 Å². The molecule has 330 valence electrons. The first kappa shape index (κ1) is 48.4. The molecule has 0 aromatic heterocycles. The van der Waals surface area contributed by atoms with Gasteiger partial charge in [0.05, 0.1) is 24.4 Å². The topological polar surface area (TPSA) is 146 Å². The van der Waals surface area contributed by atoms with Crippen LogP contribution < -0.4 is 0 Å². The van der Waals surface area contributed by atoms with E-state index < -0.39 is 47.9 Å². The van der Waals surface area contributed by atoms with Gasteiger partial charge in [0.1, 0.15) is 29.8 Å². The molecular formula is C48H73NO10. The molecule has 4 aliphatic rings. The summed E-state index contributed by atoms with van der Waals surface area (Å²) in [4.78, 5) is 70.4. The molecule has 2 bridgehead atoms. The highest BCUT2D eigenvalue weighted by molar-refractivity contribution is 6.38. The predicted octanol–water partition coefficient (Wildman–Crippen LogP) is 7.77. The molecule has 3 fully saturated rings. The molecular weight excluding hydrogens is 751 g/mol. The molecule has 3 heterocycles. The molecule has 2 saturated heterocycles. The number of nitrogens with zero attached hydrogens (tertiary/aromatic N) is 1. The molecule has 4 rings (SSSR count). The van der Waals surface area contributed by atoms with Crippen molar-refractivity contribution in [1.82, 2.24) is 4.90 Å². The van der Waals surface area contributed by atoms with Crippen LogP contribution in [0.3, 0.4) is 0 Å². The molecule has 3 aliphatic heterocycles. The monoisotopic (exact) mass is 824 g/mol. The zero-order valence-electron chi connectivity index (χ0n) is 36.9. The van der Waals surface area contributed by atoms with Gasteiger partial charge >= 0.3 is 5.97 Å². The van der Waals surface area contributed by atoms with Crippen LogP contribution in [0, 0.1) is 23.7 Å². The van der Waals surface area contributed by atoms with E-state index in [1.165, 1.54) is 4.90 Å². The summed E-state index contributed by atoms with van der Waals surface area (Å²) in [5.74, 6) is -2.16. The first-order valence-electron chi connectivity index (χ1n) is 22.4. The lowest BCUT2D eigenvalue weighted by Gasteiger charge is -2.36. The van der Waals surface area contributed by atoms with E-state index in [1.54, 1.807) is 14.2 Å². The van der Waals surface area contributed by atoms with Crippen molar-refractivity contribution in [2.75, 3.05) is 20.8 Å². The third kappa shape index (κ3) is 15.0. The van der Waals surface area contributed by atoms with Crippen molar-refractivity contribution in [2.45, 2.75) is 180 Å². The summed E-state index contributed by atoms with van der Waals surface area (Å²) in [6, 6.07) is -0.934. The SMILES string of the molecule is CO[C@H]1CC(=O)[C@H](C)C[C@H](C)/C=C/C=CC=C(C)[C@@H](OC)CC2CCCC(O2)C(=O)C(=O)N2CCCC[C@H]2C(=O)O[C@H](CCC2CCC(O)CC2)CC(=O)[C@H](C)C=C1C. The number of rotatable bonds is 5. The highest BCUT2D eigenvalue weighted by atomic mass is 16.5. The lowest BCUT2D eigenvalue weighted by molar-refractivity contribution is -0.167. The molecule has 1 amide bonds. The number of amides is 1. The molecule has 1 aliphatic carbocycles. The Kier molecular flexibility index (Phi) is 19.9. The quantitative estimate of drug-likeness (QED) is 0.166. The first-order valence-corrected chi connectivity index (χ1v) is 22.4. The van der Waals surface area contributed by atoms with Crippen LogP contribution in [0.5, 0.6) is 0 Å². The molecule has 1 N–H and O–H groups in total. The van der Waals surface area contributed by atoms with E-state index in [0.717, 1.165) is 56.1 Å². The van der Waals surface area contributed by atoms with Crippen LogP contribution in [0.4, 0.5) is 0 Å². The Morgan fingerprint density at radius 1 is 0.763 bits per heavy atom. The van der Waals surface area contributed by atoms with Crippen molar-refractivity contribution in [3.8, 4) is 0 Å². The molecule has 11 heteroatoms. The number of Topliss-reactive ketones (excluding diaryl/α,β-unsaturated/α-hetero) is 3. The first-order chi connectivity index (χ1) is 28.2. The molecule has 2 unspecified atom stereocenters. The number of aliphatic hydroxyl groups is 1. The van der Waals surface area contributed by atoms with Gasteiger partial charge in [-0.25, -0.2) is 4.79 Å². The molecule has 0 aromatic rings. The van der Waals surface area contributed by atoms with Crippen LogP contribution >= 0.6 is 0 Å². The van der Waals surface area contributed by atoms with Crippen LogP contribution in [0.15, 0.2) is 47.6 Å². The molecule has 1 saturated carbocycles. The average Bonchev–Trinajstić information content (AvgIpc) is 3.23. The van der Waals surface area contributed by atoms with Crippen LogP contribution in [-0.4, -0.2) is 103 Å². The zero-order chi connectivity index (χ0) is 43.1. The van der Waals surface area contributed by atoms with E-state index in [2.05, 4.69) is 13.0 Å². The van der Waals surface area contributed by atoms with E-state index in [4.69, 9.17) is 18.9 Å². The maximum Gasteiger partial charge on any atom is 0.329 e. The second kappa shape index (κ2) is 24.3. The fourth-order valence-corrected chi connectivity index (χ4v) is 9.19. The zero-order valence-corrected chi connectivity index (χ0v) is 36.9. The number of ketones is 3.